The lowest BCUT2D eigenvalue weighted by Crippen LogP contribution is -2.27. The van der Waals surface area contributed by atoms with Gasteiger partial charge in [0.1, 0.15) is 17.2 Å². The van der Waals surface area contributed by atoms with Gasteiger partial charge in [0.05, 0.1) is 17.8 Å². The van der Waals surface area contributed by atoms with E-state index in [1.165, 1.54) is 29.1 Å². The van der Waals surface area contributed by atoms with Gasteiger partial charge in [-0.2, -0.15) is 18.3 Å². The third-order valence-electron chi connectivity index (χ3n) is 4.88. The lowest BCUT2D eigenvalue weighted by atomic mass is 10.1. The van der Waals surface area contributed by atoms with Gasteiger partial charge in [0.2, 0.25) is 0 Å². The molecule has 0 aliphatic heterocycles. The molecule has 4 rings (SSSR count). The molecule has 0 spiro atoms. The summed E-state index contributed by atoms with van der Waals surface area (Å²) in [5.41, 5.74) is 0.665. The molecule has 1 atom stereocenters. The maximum Gasteiger partial charge on any atom is 0.433 e. The van der Waals surface area contributed by atoms with Crippen molar-refractivity contribution < 1.29 is 22.4 Å². The van der Waals surface area contributed by atoms with E-state index in [4.69, 9.17) is 0 Å². The number of hydrogen-bond donors (Lipinski definition) is 1. The molecular weight excluding hydrogens is 438 g/mol. The topological polar surface area (TPSA) is 72.7 Å². The fraction of sp³-hybridized carbons (Fsp3) is 0.130. The Morgan fingerprint density at radius 1 is 1.00 bits per heavy atom. The van der Waals surface area contributed by atoms with Crippen molar-refractivity contribution in [3.63, 3.8) is 0 Å². The molecule has 0 saturated carbocycles. The third-order valence-corrected chi connectivity index (χ3v) is 4.88. The van der Waals surface area contributed by atoms with E-state index >= 15 is 0 Å². The smallest absolute Gasteiger partial charge is 0.345 e. The Morgan fingerprint density at radius 3 is 2.36 bits per heavy atom. The zero-order chi connectivity index (χ0) is 23.6. The summed E-state index contributed by atoms with van der Waals surface area (Å²) in [5, 5.41) is 7.21. The van der Waals surface area contributed by atoms with Gasteiger partial charge in [-0.25, -0.2) is 14.1 Å². The number of rotatable bonds is 5. The maximum absolute atomic E-state index is 13.3. The number of pyridine rings is 2. The number of hydrogen-bond acceptors (Lipinski definition) is 4. The molecule has 3 heterocycles. The van der Waals surface area contributed by atoms with Crippen LogP contribution in [0.15, 0.2) is 73.2 Å². The summed E-state index contributed by atoms with van der Waals surface area (Å²) in [4.78, 5) is 20.5. The number of aromatic nitrogens is 4. The quantitative estimate of drug-likeness (QED) is 0.431. The monoisotopic (exact) mass is 455 g/mol. The van der Waals surface area contributed by atoms with Crippen molar-refractivity contribution in [2.24, 2.45) is 0 Å². The normalized spacial score (nSPS) is 12.4. The van der Waals surface area contributed by atoms with Crippen LogP contribution in [0.4, 0.5) is 17.6 Å². The molecule has 0 saturated heterocycles. The molecular formula is C23H17F4N5O. The highest BCUT2D eigenvalue weighted by Gasteiger charge is 2.32. The fourth-order valence-corrected chi connectivity index (χ4v) is 3.16. The first kappa shape index (κ1) is 22.1. The van der Waals surface area contributed by atoms with Crippen LogP contribution in [0.1, 0.15) is 34.6 Å². The summed E-state index contributed by atoms with van der Waals surface area (Å²) in [6.45, 7) is 1.64. The molecule has 0 aliphatic carbocycles. The van der Waals surface area contributed by atoms with Crippen molar-refractivity contribution in [3.8, 4) is 17.1 Å². The van der Waals surface area contributed by atoms with Crippen molar-refractivity contribution >= 4 is 5.91 Å². The number of nitrogens with one attached hydrogen (secondary N) is 1. The Kier molecular flexibility index (Phi) is 5.91. The van der Waals surface area contributed by atoms with E-state index in [0.717, 1.165) is 18.5 Å². The molecule has 168 valence electrons. The lowest BCUT2D eigenvalue weighted by molar-refractivity contribution is -0.141. The SMILES string of the molecule is C[C@@H](NC(=O)c1cn(-c2ccc(F)cn2)nc1-c1ccccc1)c1ccc(C(F)(F)F)nc1. The lowest BCUT2D eigenvalue weighted by Gasteiger charge is -2.15. The summed E-state index contributed by atoms with van der Waals surface area (Å²) in [6.07, 6.45) is -0.954. The molecule has 1 amide bonds. The second-order valence-electron chi connectivity index (χ2n) is 7.21. The van der Waals surface area contributed by atoms with Crippen LogP contribution in [-0.4, -0.2) is 25.7 Å². The van der Waals surface area contributed by atoms with Gasteiger partial charge in [0.15, 0.2) is 5.82 Å². The summed E-state index contributed by atoms with van der Waals surface area (Å²) >= 11 is 0. The molecule has 0 bridgehead atoms. The van der Waals surface area contributed by atoms with E-state index in [1.54, 1.807) is 31.2 Å². The maximum atomic E-state index is 13.3. The van der Waals surface area contributed by atoms with Crippen LogP contribution in [-0.2, 0) is 6.18 Å². The Balaban J connectivity index is 1.64. The zero-order valence-electron chi connectivity index (χ0n) is 17.2. The van der Waals surface area contributed by atoms with Crippen molar-refractivity contribution in [1.29, 1.82) is 0 Å². The van der Waals surface area contributed by atoms with Gasteiger partial charge in [-0.3, -0.25) is 9.78 Å². The van der Waals surface area contributed by atoms with Gasteiger partial charge in [-0.05, 0) is 30.7 Å². The minimum atomic E-state index is -4.54. The molecule has 3 aromatic heterocycles. The van der Waals surface area contributed by atoms with Gasteiger partial charge in [-0.15, -0.1) is 0 Å². The minimum absolute atomic E-state index is 0.221. The average molecular weight is 455 g/mol. The summed E-state index contributed by atoms with van der Waals surface area (Å²) in [7, 11) is 0. The first-order valence-corrected chi connectivity index (χ1v) is 9.83. The molecule has 1 N–H and O–H groups in total. The molecule has 6 nitrogen and oxygen atoms in total. The van der Waals surface area contributed by atoms with Crippen LogP contribution < -0.4 is 5.32 Å². The molecule has 33 heavy (non-hydrogen) atoms. The van der Waals surface area contributed by atoms with Crippen LogP contribution in [0.2, 0.25) is 0 Å². The predicted octanol–water partition coefficient (Wildman–Crippen LogP) is 4.98. The number of halogens is 4. The number of amides is 1. The van der Waals surface area contributed by atoms with E-state index in [-0.39, 0.29) is 5.56 Å². The number of benzene rings is 1. The molecule has 0 aliphatic rings. The van der Waals surface area contributed by atoms with E-state index in [9.17, 15) is 22.4 Å². The first-order chi connectivity index (χ1) is 15.7. The second kappa shape index (κ2) is 8.81. The predicted molar refractivity (Wildman–Crippen MR) is 112 cm³/mol. The second-order valence-corrected chi connectivity index (χ2v) is 7.21. The van der Waals surface area contributed by atoms with Crippen molar-refractivity contribution in [1.82, 2.24) is 25.1 Å². The molecule has 0 radical (unpaired) electrons. The largest absolute Gasteiger partial charge is 0.433 e. The minimum Gasteiger partial charge on any atom is -0.345 e. The van der Waals surface area contributed by atoms with Crippen LogP contribution in [0, 0.1) is 5.82 Å². The molecule has 4 aromatic rings. The van der Waals surface area contributed by atoms with Gasteiger partial charge in [0, 0.05) is 18.0 Å². The molecule has 1 aromatic carbocycles. The first-order valence-electron chi connectivity index (χ1n) is 9.83. The van der Waals surface area contributed by atoms with E-state index in [0.29, 0.717) is 22.6 Å². The van der Waals surface area contributed by atoms with Crippen LogP contribution in [0.5, 0.6) is 0 Å². The molecule has 0 fully saturated rings. The van der Waals surface area contributed by atoms with Gasteiger partial charge < -0.3 is 5.32 Å². The Labute approximate surface area is 185 Å². The van der Waals surface area contributed by atoms with Gasteiger partial charge in [-0.1, -0.05) is 36.4 Å². The van der Waals surface area contributed by atoms with Crippen LogP contribution in [0.3, 0.4) is 0 Å². The van der Waals surface area contributed by atoms with E-state index < -0.39 is 29.6 Å². The van der Waals surface area contributed by atoms with E-state index in [2.05, 4.69) is 20.4 Å². The van der Waals surface area contributed by atoms with Crippen LogP contribution in [0.25, 0.3) is 17.1 Å². The van der Waals surface area contributed by atoms with Gasteiger partial charge in [0.25, 0.3) is 5.91 Å². The fourth-order valence-electron chi connectivity index (χ4n) is 3.16. The Morgan fingerprint density at radius 2 is 1.76 bits per heavy atom. The van der Waals surface area contributed by atoms with Crippen molar-refractivity contribution in [3.05, 3.63) is 95.8 Å². The number of carbonyl (C=O) groups excluding carboxylic acids is 1. The van der Waals surface area contributed by atoms with Crippen LogP contribution >= 0.6 is 0 Å². The standard InChI is InChI=1S/C23H17F4N5O/c1-14(16-7-9-19(28-11-16)23(25,26)27)30-22(33)18-13-32(20-10-8-17(24)12-29-20)31-21(18)15-5-3-2-4-6-15/h2-14H,1H3,(H,30,33)/t14-/m1/s1. The molecule has 10 heteroatoms. The van der Waals surface area contributed by atoms with Crippen molar-refractivity contribution in [2.75, 3.05) is 0 Å². The highest BCUT2D eigenvalue weighted by Crippen LogP contribution is 2.28. The third kappa shape index (κ3) is 4.89. The van der Waals surface area contributed by atoms with E-state index in [1.807, 2.05) is 6.07 Å². The number of alkyl halides is 3. The highest BCUT2D eigenvalue weighted by molar-refractivity contribution is 6.00. The number of nitrogens with zero attached hydrogens (tertiary/aromatic N) is 4. The summed E-state index contributed by atoms with van der Waals surface area (Å²) in [6, 6.07) is 13.1. The Hall–Kier alpha value is -4.08. The summed E-state index contributed by atoms with van der Waals surface area (Å²) < 4.78 is 52.9. The van der Waals surface area contributed by atoms with Crippen molar-refractivity contribution in [2.45, 2.75) is 19.1 Å². The average Bonchev–Trinajstić information content (AvgIpc) is 3.25. The number of carbonyl (C=O) groups is 1. The Bertz CT molecular complexity index is 1250. The highest BCUT2D eigenvalue weighted by atomic mass is 19.4. The summed E-state index contributed by atoms with van der Waals surface area (Å²) in [5.74, 6) is -0.687. The molecule has 0 unspecified atom stereocenters. The van der Waals surface area contributed by atoms with Gasteiger partial charge >= 0.3 is 6.18 Å². The zero-order valence-corrected chi connectivity index (χ0v) is 17.2.